The number of hydrogen-bond donors (Lipinski definition) is 0. The van der Waals surface area contributed by atoms with Crippen LogP contribution >= 0.6 is 0 Å². The van der Waals surface area contributed by atoms with Gasteiger partial charge in [0.05, 0.1) is 0 Å². The van der Waals surface area contributed by atoms with Crippen molar-refractivity contribution in [3.05, 3.63) is 23.3 Å². The first-order valence-corrected chi connectivity index (χ1v) is 9.38. The van der Waals surface area contributed by atoms with Crippen molar-refractivity contribution in [2.45, 2.75) is 72.1 Å². The first kappa shape index (κ1) is 14.7. The minimum absolute atomic E-state index is 0.266. The molecule has 0 amide bonds. The predicted molar refractivity (Wildman–Crippen MR) is 90.5 cm³/mol. The monoisotopic (exact) mass is 298 g/mol. The molecule has 4 aliphatic carbocycles. The van der Waals surface area contributed by atoms with E-state index < -0.39 is 0 Å². The fraction of sp³-hybridized carbons (Fsp3) is 0.762. The summed E-state index contributed by atoms with van der Waals surface area (Å²) in [6.45, 7) is 7.21. The molecule has 4 rings (SSSR count). The van der Waals surface area contributed by atoms with Crippen molar-refractivity contribution in [1.82, 2.24) is 0 Å². The molecule has 0 aliphatic heterocycles. The lowest BCUT2D eigenvalue weighted by molar-refractivity contribution is -0.117. The van der Waals surface area contributed by atoms with Crippen LogP contribution in [0.25, 0.3) is 0 Å². The number of carbonyl (C=O) groups excluding carboxylic acids is 1. The second-order valence-electron chi connectivity index (χ2n) is 8.92. The van der Waals surface area contributed by atoms with E-state index in [9.17, 15) is 4.79 Å². The summed E-state index contributed by atoms with van der Waals surface area (Å²) in [6.07, 6.45) is 14.5. The summed E-state index contributed by atoms with van der Waals surface area (Å²) < 4.78 is 0. The van der Waals surface area contributed by atoms with Crippen molar-refractivity contribution in [1.29, 1.82) is 0 Å². The van der Waals surface area contributed by atoms with Gasteiger partial charge in [-0.05, 0) is 91.3 Å². The summed E-state index contributed by atoms with van der Waals surface area (Å²) in [7, 11) is 0. The highest BCUT2D eigenvalue weighted by Gasteiger charge is 2.57. The molecular weight excluding hydrogens is 268 g/mol. The first-order valence-electron chi connectivity index (χ1n) is 9.38. The molecule has 4 aliphatic rings. The zero-order valence-corrected chi connectivity index (χ0v) is 14.5. The Bertz CT molecular complexity index is 568. The Balaban J connectivity index is 1.78. The van der Waals surface area contributed by atoms with Crippen LogP contribution in [0.15, 0.2) is 23.3 Å². The Morgan fingerprint density at radius 1 is 1.14 bits per heavy atom. The van der Waals surface area contributed by atoms with Crippen LogP contribution in [-0.4, -0.2) is 5.78 Å². The average Bonchev–Trinajstić information content (AvgIpc) is 2.89. The van der Waals surface area contributed by atoms with Crippen molar-refractivity contribution in [3.8, 4) is 0 Å². The van der Waals surface area contributed by atoms with Gasteiger partial charge in [0.15, 0.2) is 5.78 Å². The Morgan fingerprint density at radius 2 is 1.95 bits per heavy atom. The molecule has 0 aromatic rings. The second kappa shape index (κ2) is 4.82. The highest BCUT2D eigenvalue weighted by molar-refractivity contribution is 5.92. The summed E-state index contributed by atoms with van der Waals surface area (Å²) in [5, 5.41) is 0. The van der Waals surface area contributed by atoms with Gasteiger partial charge in [0.25, 0.3) is 0 Å². The van der Waals surface area contributed by atoms with Gasteiger partial charge in [0.2, 0.25) is 0 Å². The van der Waals surface area contributed by atoms with E-state index in [0.717, 1.165) is 30.6 Å². The fourth-order valence-electron chi connectivity index (χ4n) is 6.75. The van der Waals surface area contributed by atoms with Crippen molar-refractivity contribution in [2.75, 3.05) is 0 Å². The zero-order valence-electron chi connectivity index (χ0n) is 14.5. The molecule has 0 saturated heterocycles. The molecule has 0 bridgehead atoms. The minimum atomic E-state index is 0.266. The lowest BCUT2D eigenvalue weighted by Gasteiger charge is -2.58. The van der Waals surface area contributed by atoms with Gasteiger partial charge in [-0.1, -0.05) is 26.3 Å². The van der Waals surface area contributed by atoms with E-state index in [1.165, 1.54) is 49.7 Å². The van der Waals surface area contributed by atoms with Gasteiger partial charge in [-0.2, -0.15) is 0 Å². The molecule has 0 aromatic carbocycles. The van der Waals surface area contributed by atoms with Gasteiger partial charge in [-0.15, -0.1) is 0 Å². The lowest BCUT2D eigenvalue weighted by atomic mass is 9.46. The van der Waals surface area contributed by atoms with Crippen LogP contribution in [0.5, 0.6) is 0 Å². The number of fused-ring (bicyclic) bond motifs is 5. The van der Waals surface area contributed by atoms with Crippen molar-refractivity contribution in [3.63, 3.8) is 0 Å². The molecule has 0 radical (unpaired) electrons. The molecule has 1 heteroatoms. The van der Waals surface area contributed by atoms with Crippen LogP contribution in [0.1, 0.15) is 72.1 Å². The molecule has 1 nitrogen and oxygen atoms in total. The summed E-state index contributed by atoms with van der Waals surface area (Å²) in [5.41, 5.74) is 3.78. The number of carbonyl (C=O) groups is 1. The van der Waals surface area contributed by atoms with Crippen molar-refractivity contribution in [2.24, 2.45) is 28.6 Å². The highest BCUT2D eigenvalue weighted by Crippen LogP contribution is 2.66. The Hall–Kier alpha value is -0.850. The fourth-order valence-corrected chi connectivity index (χ4v) is 6.75. The number of rotatable bonds is 0. The number of hydrogen-bond acceptors (Lipinski definition) is 1. The average molecular weight is 298 g/mol. The van der Waals surface area contributed by atoms with E-state index in [0.29, 0.717) is 11.2 Å². The van der Waals surface area contributed by atoms with Crippen LogP contribution in [-0.2, 0) is 4.79 Å². The number of allylic oxidation sites excluding steroid dienone is 3. The van der Waals surface area contributed by atoms with Crippen LogP contribution in [0.2, 0.25) is 0 Å². The van der Waals surface area contributed by atoms with E-state index in [1.54, 1.807) is 0 Å². The van der Waals surface area contributed by atoms with Crippen molar-refractivity contribution >= 4 is 5.78 Å². The van der Waals surface area contributed by atoms with E-state index in [1.807, 2.05) is 6.08 Å². The third kappa shape index (κ3) is 1.87. The molecular formula is C21H30O. The van der Waals surface area contributed by atoms with E-state index in [2.05, 4.69) is 26.8 Å². The Morgan fingerprint density at radius 3 is 2.73 bits per heavy atom. The minimum Gasteiger partial charge on any atom is -0.295 e. The smallest absolute Gasteiger partial charge is 0.156 e. The second-order valence-corrected chi connectivity index (χ2v) is 8.92. The summed E-state index contributed by atoms with van der Waals surface area (Å²) in [6, 6.07) is 0. The van der Waals surface area contributed by atoms with Crippen LogP contribution in [0, 0.1) is 28.6 Å². The maximum atomic E-state index is 12.0. The van der Waals surface area contributed by atoms with E-state index >= 15 is 0 Å². The molecule has 0 unspecified atom stereocenters. The van der Waals surface area contributed by atoms with Gasteiger partial charge < -0.3 is 0 Å². The third-order valence-electron chi connectivity index (χ3n) is 8.00. The zero-order chi connectivity index (χ0) is 15.5. The molecule has 0 spiro atoms. The molecule has 0 N–H and O–H groups in total. The summed E-state index contributed by atoms with van der Waals surface area (Å²) >= 11 is 0. The number of ketones is 1. The molecule has 3 fully saturated rings. The maximum Gasteiger partial charge on any atom is 0.156 e. The third-order valence-corrected chi connectivity index (χ3v) is 8.00. The summed E-state index contributed by atoms with van der Waals surface area (Å²) in [4.78, 5) is 12.0. The lowest BCUT2D eigenvalue weighted by Crippen LogP contribution is -2.49. The molecule has 5 atom stereocenters. The topological polar surface area (TPSA) is 17.1 Å². The van der Waals surface area contributed by atoms with Crippen LogP contribution in [0.3, 0.4) is 0 Å². The Labute approximate surface area is 135 Å². The molecule has 22 heavy (non-hydrogen) atoms. The largest absolute Gasteiger partial charge is 0.295 e. The summed E-state index contributed by atoms with van der Waals surface area (Å²) in [5.74, 6) is 2.96. The molecule has 0 aromatic heterocycles. The Kier molecular flexibility index (Phi) is 3.23. The molecule has 0 heterocycles. The van der Waals surface area contributed by atoms with Crippen molar-refractivity contribution < 1.29 is 4.79 Å². The van der Waals surface area contributed by atoms with Crippen LogP contribution in [0.4, 0.5) is 0 Å². The molecule has 3 saturated carbocycles. The first-order chi connectivity index (χ1) is 10.5. The van der Waals surface area contributed by atoms with Gasteiger partial charge in [-0.3, -0.25) is 4.79 Å². The normalized spacial score (nSPS) is 49.4. The SMILES string of the molecule is CC=C1C[C@H]2[C@@H]3CCC[C@@]3(C)CC[C@@H]2[C@@]2(C)CCC(=O)C=C12. The van der Waals surface area contributed by atoms with E-state index in [4.69, 9.17) is 0 Å². The van der Waals surface area contributed by atoms with E-state index in [-0.39, 0.29) is 5.41 Å². The highest BCUT2D eigenvalue weighted by atomic mass is 16.1. The van der Waals surface area contributed by atoms with Gasteiger partial charge in [0.1, 0.15) is 0 Å². The standard InChI is InChI=1S/C21H30O/c1-4-14-12-16-17-6-5-9-20(17,2)10-8-18(16)21(3)11-7-15(22)13-19(14)21/h4,13,16-18H,5-12H2,1-3H3/t16-,17-,18-,20-,21+/m0/s1. The maximum absolute atomic E-state index is 12.0. The van der Waals surface area contributed by atoms with Gasteiger partial charge >= 0.3 is 0 Å². The van der Waals surface area contributed by atoms with Crippen LogP contribution < -0.4 is 0 Å². The van der Waals surface area contributed by atoms with Gasteiger partial charge in [0, 0.05) is 6.42 Å². The molecule has 120 valence electrons. The predicted octanol–water partition coefficient (Wildman–Crippen LogP) is 5.46. The quantitative estimate of drug-likeness (QED) is 0.580. The van der Waals surface area contributed by atoms with Gasteiger partial charge in [-0.25, -0.2) is 0 Å².